The zero-order valence-electron chi connectivity index (χ0n) is 36.6. The van der Waals surface area contributed by atoms with Gasteiger partial charge in [-0.05, 0) is 74.6 Å². The van der Waals surface area contributed by atoms with E-state index < -0.39 is 57.1 Å². The van der Waals surface area contributed by atoms with E-state index in [1.165, 1.54) is 13.2 Å². The third-order valence-electron chi connectivity index (χ3n) is 12.5. The maximum Gasteiger partial charge on any atom is 0.301 e. The molecule has 3 amide bonds. The first-order valence-corrected chi connectivity index (χ1v) is 23.3. The molecule has 22 heteroatoms. The summed E-state index contributed by atoms with van der Waals surface area (Å²) in [5.41, 5.74) is 1.52. The monoisotopic (exact) mass is 941 g/mol. The Bertz CT molecular complexity index is 2780. The van der Waals surface area contributed by atoms with Crippen LogP contribution in [0.2, 0.25) is 0 Å². The lowest BCUT2D eigenvalue weighted by molar-refractivity contribution is -0.159. The number of hydrogen-bond acceptors (Lipinski definition) is 14. The summed E-state index contributed by atoms with van der Waals surface area (Å²) in [5, 5.41) is 8.82. The Hall–Kier alpha value is -6.91. The van der Waals surface area contributed by atoms with Crippen LogP contribution < -0.4 is 25.6 Å². The lowest BCUT2D eigenvalue weighted by atomic mass is 9.92. The molecule has 0 bridgehead atoms. The van der Waals surface area contributed by atoms with Gasteiger partial charge in [-0.1, -0.05) is 6.92 Å². The van der Waals surface area contributed by atoms with Gasteiger partial charge in [0.1, 0.15) is 23.3 Å². The topological polar surface area (TPSA) is 241 Å². The Morgan fingerprint density at radius 3 is 2.39 bits per heavy atom. The molecule has 3 aliphatic rings. The molecule has 5 aromatic rings. The van der Waals surface area contributed by atoms with Gasteiger partial charge >= 0.3 is 10.2 Å². The maximum absolute atomic E-state index is 15.6. The Labute approximate surface area is 384 Å². The van der Waals surface area contributed by atoms with E-state index in [4.69, 9.17) is 4.74 Å². The molecular formula is C45H49F2N11O8S. The number of carbonyl (C=O) groups is 5. The largest absolute Gasteiger partial charge is 0.439 e. The van der Waals surface area contributed by atoms with Crippen LogP contribution in [0, 0.1) is 11.6 Å². The molecule has 352 valence electrons. The van der Waals surface area contributed by atoms with Crippen LogP contribution in [0.4, 0.5) is 26.0 Å². The third kappa shape index (κ3) is 10.2. The highest BCUT2D eigenvalue weighted by Gasteiger charge is 2.34. The fourth-order valence-corrected chi connectivity index (χ4v) is 9.47. The summed E-state index contributed by atoms with van der Waals surface area (Å²) in [5.74, 6) is -3.73. The highest BCUT2D eigenvalue weighted by molar-refractivity contribution is 7.90. The van der Waals surface area contributed by atoms with Crippen molar-refractivity contribution in [2.75, 3.05) is 54.7 Å². The molecule has 0 saturated carbocycles. The number of ether oxygens (including phenoxy) is 1. The van der Waals surface area contributed by atoms with Crippen LogP contribution in [0.25, 0.3) is 22.2 Å². The predicted molar refractivity (Wildman–Crippen MR) is 242 cm³/mol. The molecule has 8 rings (SSSR count). The molecular weight excluding hydrogens is 893 g/mol. The number of amides is 3. The minimum absolute atomic E-state index is 0.0687. The summed E-state index contributed by atoms with van der Waals surface area (Å²) >= 11 is 0. The lowest BCUT2D eigenvalue weighted by Gasteiger charge is -2.37. The highest BCUT2D eigenvalue weighted by Crippen LogP contribution is 2.32. The molecule has 7 heterocycles. The molecule has 3 saturated heterocycles. The number of pyridine rings is 3. The summed E-state index contributed by atoms with van der Waals surface area (Å²) in [6.07, 6.45) is 8.39. The normalized spacial score (nSPS) is 18.1. The number of fused-ring (bicyclic) bond motifs is 1. The molecule has 5 N–H and O–H groups in total. The van der Waals surface area contributed by atoms with Gasteiger partial charge in [0.05, 0.1) is 23.1 Å². The van der Waals surface area contributed by atoms with E-state index in [-0.39, 0.29) is 42.3 Å². The molecule has 0 aliphatic carbocycles. The minimum atomic E-state index is -4.16. The number of hydrogen-bond donors (Lipinski definition) is 5. The average molecular weight is 942 g/mol. The van der Waals surface area contributed by atoms with Crippen molar-refractivity contribution in [3.8, 4) is 11.1 Å². The number of benzene rings is 1. The summed E-state index contributed by atoms with van der Waals surface area (Å²) in [4.78, 5) is 82.8. The highest BCUT2D eigenvalue weighted by atomic mass is 32.2. The van der Waals surface area contributed by atoms with E-state index in [9.17, 15) is 32.4 Å². The van der Waals surface area contributed by atoms with E-state index in [1.54, 1.807) is 31.6 Å². The first-order valence-electron chi connectivity index (χ1n) is 21.9. The number of carbonyl (C=O) groups excluding carboxylic acids is 5. The number of nitrogens with one attached hydrogen (secondary N) is 5. The molecule has 2 atom stereocenters. The second kappa shape index (κ2) is 19.9. The van der Waals surface area contributed by atoms with Crippen LogP contribution >= 0.6 is 0 Å². The van der Waals surface area contributed by atoms with Gasteiger partial charge in [0, 0.05) is 105 Å². The second-order valence-electron chi connectivity index (χ2n) is 16.6. The number of aromatic nitrogens is 4. The number of imide groups is 1. The number of likely N-dealkylation sites (tertiary alicyclic amines) is 1. The standard InChI is InChI=1S/C45H49F2N11O8S/c1-3-56(2)67(64,65)55-35-8-6-33(46)39(40(35)47)41(61)32-24-51-42-31(32)20-28(22-50-42)27-4-10-37(49-21-27)57-18-14-29(15-19-57)53-44(63)45(66-25-59)58-16-12-26(13-17-58)34-7-5-30(23-48-34)52-36-9-11-38(60)54-43(36)62/h4-8,10,20-26,29,36,45,52,55H,3,9,11-19H2,1-2H3,(H,50,51)(H,53,63)(H,54,60,62). The maximum atomic E-state index is 15.6. The van der Waals surface area contributed by atoms with Crippen molar-refractivity contribution in [3.05, 3.63) is 95.7 Å². The van der Waals surface area contributed by atoms with Crippen molar-refractivity contribution in [3.63, 3.8) is 0 Å². The molecule has 0 spiro atoms. The van der Waals surface area contributed by atoms with Crippen LogP contribution in [-0.2, 0) is 34.1 Å². The summed E-state index contributed by atoms with van der Waals surface area (Å²) in [7, 11) is -2.88. The molecule has 19 nitrogen and oxygen atoms in total. The number of H-pyrrole nitrogens is 1. The first kappa shape index (κ1) is 46.6. The van der Waals surface area contributed by atoms with Gasteiger partial charge in [0.25, 0.3) is 12.4 Å². The van der Waals surface area contributed by atoms with E-state index in [2.05, 4.69) is 45.5 Å². The Kier molecular flexibility index (Phi) is 13.8. The predicted octanol–water partition coefficient (Wildman–Crippen LogP) is 3.82. The van der Waals surface area contributed by atoms with Crippen molar-refractivity contribution in [2.45, 2.75) is 69.7 Å². The van der Waals surface area contributed by atoms with Crippen LogP contribution in [-0.4, -0.2) is 126 Å². The van der Waals surface area contributed by atoms with Gasteiger partial charge in [-0.25, -0.2) is 18.7 Å². The van der Waals surface area contributed by atoms with Crippen LogP contribution in [0.3, 0.4) is 0 Å². The zero-order valence-corrected chi connectivity index (χ0v) is 37.4. The number of piperidine rings is 3. The Morgan fingerprint density at radius 2 is 1.72 bits per heavy atom. The molecule has 1 aromatic carbocycles. The lowest BCUT2D eigenvalue weighted by Crippen LogP contribution is -2.54. The van der Waals surface area contributed by atoms with Gasteiger partial charge < -0.3 is 25.3 Å². The average Bonchev–Trinajstić information content (AvgIpc) is 3.76. The smallest absolute Gasteiger partial charge is 0.301 e. The SMILES string of the molecule is CCN(C)S(=O)(=O)Nc1ccc(F)c(C(=O)c2c[nH]c3ncc(-c4ccc(N5CCC(NC(=O)C(OC=O)N6CCC(c7ccc(NC8CCC(=O)NC8=O)cn7)CC6)CC5)nc4)cc23)c1F. The van der Waals surface area contributed by atoms with Crippen molar-refractivity contribution >= 4 is 68.4 Å². The fourth-order valence-electron chi connectivity index (χ4n) is 8.54. The van der Waals surface area contributed by atoms with Crippen LogP contribution in [0.1, 0.15) is 73.0 Å². The molecule has 4 aromatic heterocycles. The van der Waals surface area contributed by atoms with E-state index in [0.29, 0.717) is 98.4 Å². The molecule has 0 radical (unpaired) electrons. The first-order chi connectivity index (χ1) is 32.2. The van der Waals surface area contributed by atoms with Gasteiger partial charge in [-0.3, -0.25) is 43.9 Å². The fraction of sp³-hybridized carbons (Fsp3) is 0.378. The van der Waals surface area contributed by atoms with Crippen LogP contribution in [0.15, 0.2) is 67.3 Å². The molecule has 2 unspecified atom stereocenters. The quantitative estimate of drug-likeness (QED) is 0.0537. The van der Waals surface area contributed by atoms with Crippen LogP contribution in [0.5, 0.6) is 0 Å². The molecule has 67 heavy (non-hydrogen) atoms. The number of rotatable bonds is 16. The number of aromatic amines is 1. The van der Waals surface area contributed by atoms with E-state index >= 15 is 8.78 Å². The number of anilines is 3. The van der Waals surface area contributed by atoms with E-state index in [1.807, 2.05) is 29.2 Å². The van der Waals surface area contributed by atoms with Crippen molar-refractivity contribution < 1.29 is 45.9 Å². The number of nitrogens with zero attached hydrogens (tertiary/aromatic N) is 6. The van der Waals surface area contributed by atoms with Crippen molar-refractivity contribution in [1.29, 1.82) is 0 Å². The van der Waals surface area contributed by atoms with Gasteiger partial charge in [0.2, 0.25) is 23.8 Å². The number of halogens is 2. The van der Waals surface area contributed by atoms with Gasteiger partial charge in [0.15, 0.2) is 5.82 Å². The van der Waals surface area contributed by atoms with Crippen molar-refractivity contribution in [1.82, 2.24) is 39.8 Å². The summed E-state index contributed by atoms with van der Waals surface area (Å²) in [6, 6.07) is 10.2. The molecule has 3 aliphatic heterocycles. The van der Waals surface area contributed by atoms with Gasteiger partial charge in [-0.15, -0.1) is 0 Å². The second-order valence-corrected chi connectivity index (χ2v) is 18.4. The minimum Gasteiger partial charge on any atom is -0.439 e. The number of ketones is 1. The van der Waals surface area contributed by atoms with Crippen molar-refractivity contribution in [2.24, 2.45) is 0 Å². The summed E-state index contributed by atoms with van der Waals surface area (Å²) < 4.78 is 64.1. The summed E-state index contributed by atoms with van der Waals surface area (Å²) in [6.45, 7) is 4.15. The van der Waals surface area contributed by atoms with Gasteiger partial charge in [-0.2, -0.15) is 12.7 Å². The zero-order chi connectivity index (χ0) is 47.4. The molecule has 3 fully saturated rings. The third-order valence-corrected chi connectivity index (χ3v) is 14.0. The van der Waals surface area contributed by atoms with E-state index in [0.717, 1.165) is 22.1 Å². The Balaban J connectivity index is 0.844. The Morgan fingerprint density at radius 1 is 0.955 bits per heavy atom.